The van der Waals surface area contributed by atoms with Gasteiger partial charge < -0.3 is 9.84 Å². The number of benzene rings is 3. The summed E-state index contributed by atoms with van der Waals surface area (Å²) >= 11 is 0.982. The van der Waals surface area contributed by atoms with Gasteiger partial charge in [-0.2, -0.15) is 0 Å². The van der Waals surface area contributed by atoms with Gasteiger partial charge in [0.2, 0.25) is 0 Å². The van der Waals surface area contributed by atoms with Crippen molar-refractivity contribution in [2.24, 2.45) is 0 Å². The minimum Gasteiger partial charge on any atom is -0.482 e. The van der Waals surface area contributed by atoms with E-state index in [1.165, 1.54) is 30.3 Å². The Morgan fingerprint density at radius 3 is 2.27 bits per heavy atom. The van der Waals surface area contributed by atoms with Crippen molar-refractivity contribution in [2.45, 2.75) is 16.4 Å². The molecule has 0 aliphatic heterocycles. The first-order valence-corrected chi connectivity index (χ1v) is 9.31. The number of ether oxygens (including phenoxy) is 1. The second-order valence-corrected chi connectivity index (χ2v) is 7.12. The lowest BCUT2D eigenvalue weighted by atomic mass is 10.2. The molecular formula is C20H14N2O7S. The standard InChI is InChI=1S/C20H14N2O7S/c23-20(24)14-6-9-19(17(10-14)22(27)28)30-15-7-8-16(21(25)26)18(11-15)29-12-13-4-2-1-3-5-13/h1-11H,12H2,(H,23,24). The first-order valence-electron chi connectivity index (χ1n) is 8.50. The SMILES string of the molecule is O=C(O)c1ccc(Sc2ccc([N+](=O)[O-])c(OCc3ccccc3)c2)c([N+](=O)[O-])c1. The van der Waals surface area contributed by atoms with Gasteiger partial charge in [-0.15, -0.1) is 0 Å². The Kier molecular flexibility index (Phi) is 6.28. The molecule has 30 heavy (non-hydrogen) atoms. The molecule has 0 saturated heterocycles. The Labute approximate surface area is 174 Å². The van der Waals surface area contributed by atoms with E-state index in [0.29, 0.717) is 4.90 Å². The first kappa shape index (κ1) is 20.8. The Bertz CT molecular complexity index is 1120. The highest BCUT2D eigenvalue weighted by atomic mass is 32.2. The molecule has 152 valence electrons. The topological polar surface area (TPSA) is 133 Å². The van der Waals surface area contributed by atoms with E-state index in [9.17, 15) is 25.0 Å². The van der Waals surface area contributed by atoms with Crippen LogP contribution in [-0.4, -0.2) is 20.9 Å². The Morgan fingerprint density at radius 1 is 0.933 bits per heavy atom. The van der Waals surface area contributed by atoms with Crippen LogP contribution < -0.4 is 4.74 Å². The predicted octanol–water partition coefficient (Wildman–Crippen LogP) is 4.93. The lowest BCUT2D eigenvalue weighted by molar-refractivity contribution is -0.387. The van der Waals surface area contributed by atoms with Crippen molar-refractivity contribution >= 4 is 29.1 Å². The van der Waals surface area contributed by atoms with Crippen LogP contribution in [-0.2, 0) is 6.61 Å². The lowest BCUT2D eigenvalue weighted by Crippen LogP contribution is -2.00. The van der Waals surface area contributed by atoms with Crippen LogP contribution >= 0.6 is 11.8 Å². The van der Waals surface area contributed by atoms with Crippen LogP contribution in [0.1, 0.15) is 15.9 Å². The number of hydrogen-bond acceptors (Lipinski definition) is 7. The third-order valence-corrected chi connectivity index (χ3v) is 5.05. The van der Waals surface area contributed by atoms with Gasteiger partial charge in [0.05, 0.1) is 20.3 Å². The van der Waals surface area contributed by atoms with E-state index in [2.05, 4.69) is 0 Å². The van der Waals surface area contributed by atoms with Crippen molar-refractivity contribution in [3.8, 4) is 5.75 Å². The van der Waals surface area contributed by atoms with Gasteiger partial charge in [0.1, 0.15) is 6.61 Å². The maximum atomic E-state index is 11.3. The summed E-state index contributed by atoms with van der Waals surface area (Å²) in [6.45, 7) is 0.114. The molecule has 0 saturated carbocycles. The van der Waals surface area contributed by atoms with Crippen LogP contribution in [0.25, 0.3) is 0 Å². The number of carboxylic acid groups (broad SMARTS) is 1. The van der Waals surface area contributed by atoms with Gasteiger partial charge in [-0.25, -0.2) is 4.79 Å². The van der Waals surface area contributed by atoms with Crippen LogP contribution in [0.5, 0.6) is 5.75 Å². The van der Waals surface area contributed by atoms with Crippen molar-refractivity contribution in [3.05, 3.63) is 98.1 Å². The van der Waals surface area contributed by atoms with E-state index in [1.807, 2.05) is 30.3 Å². The number of aromatic carboxylic acids is 1. The molecule has 0 atom stereocenters. The normalized spacial score (nSPS) is 10.4. The summed E-state index contributed by atoms with van der Waals surface area (Å²) in [6.07, 6.45) is 0. The second kappa shape index (κ2) is 9.05. The third kappa shape index (κ3) is 4.92. The van der Waals surface area contributed by atoms with Gasteiger partial charge in [0.25, 0.3) is 5.69 Å². The molecule has 0 bridgehead atoms. The molecule has 0 radical (unpaired) electrons. The maximum absolute atomic E-state index is 11.3. The lowest BCUT2D eigenvalue weighted by Gasteiger charge is -2.09. The number of rotatable bonds is 8. The molecule has 1 N–H and O–H groups in total. The first-order chi connectivity index (χ1) is 14.3. The van der Waals surface area contributed by atoms with E-state index in [1.54, 1.807) is 0 Å². The van der Waals surface area contributed by atoms with Crippen molar-refractivity contribution in [1.29, 1.82) is 0 Å². The van der Waals surface area contributed by atoms with Crippen LogP contribution in [0.2, 0.25) is 0 Å². The highest BCUT2D eigenvalue weighted by molar-refractivity contribution is 7.99. The smallest absolute Gasteiger partial charge is 0.335 e. The van der Waals surface area contributed by atoms with Crippen LogP contribution in [0.3, 0.4) is 0 Å². The minimum absolute atomic E-state index is 0.0265. The molecule has 0 amide bonds. The zero-order valence-electron chi connectivity index (χ0n) is 15.3. The highest BCUT2D eigenvalue weighted by Gasteiger charge is 2.21. The Balaban J connectivity index is 1.90. The van der Waals surface area contributed by atoms with Crippen LogP contribution in [0.15, 0.2) is 76.5 Å². The summed E-state index contributed by atoms with van der Waals surface area (Å²) in [4.78, 5) is 33.2. The van der Waals surface area contributed by atoms with Crippen molar-refractivity contribution in [1.82, 2.24) is 0 Å². The zero-order chi connectivity index (χ0) is 21.7. The molecule has 3 aromatic rings. The molecule has 3 aromatic carbocycles. The molecule has 9 nitrogen and oxygen atoms in total. The van der Waals surface area contributed by atoms with E-state index in [4.69, 9.17) is 9.84 Å². The van der Waals surface area contributed by atoms with Gasteiger partial charge in [-0.1, -0.05) is 42.1 Å². The van der Waals surface area contributed by atoms with Gasteiger partial charge in [0.15, 0.2) is 5.75 Å². The Morgan fingerprint density at radius 2 is 1.63 bits per heavy atom. The molecule has 0 heterocycles. The van der Waals surface area contributed by atoms with Crippen molar-refractivity contribution in [2.75, 3.05) is 0 Å². The van der Waals surface area contributed by atoms with Crippen LogP contribution in [0.4, 0.5) is 11.4 Å². The highest BCUT2D eigenvalue weighted by Crippen LogP contribution is 2.39. The number of carbonyl (C=O) groups is 1. The van der Waals surface area contributed by atoms with Gasteiger partial charge in [0, 0.05) is 23.1 Å². The molecule has 0 unspecified atom stereocenters. The summed E-state index contributed by atoms with van der Waals surface area (Å²) in [5.41, 5.74) is 0.0161. The summed E-state index contributed by atoms with van der Waals surface area (Å²) in [5.74, 6) is -1.25. The molecule has 0 aliphatic carbocycles. The monoisotopic (exact) mass is 426 g/mol. The number of nitro benzene ring substituents is 2. The zero-order valence-corrected chi connectivity index (χ0v) is 16.1. The van der Waals surface area contributed by atoms with Gasteiger partial charge >= 0.3 is 11.7 Å². The molecule has 0 fully saturated rings. The predicted molar refractivity (Wildman–Crippen MR) is 108 cm³/mol. The minimum atomic E-state index is -1.28. The molecule has 0 spiro atoms. The summed E-state index contributed by atoms with van der Waals surface area (Å²) in [7, 11) is 0. The molecule has 3 rings (SSSR count). The summed E-state index contributed by atoms with van der Waals surface area (Å²) in [5, 5.41) is 31.7. The number of carboxylic acids is 1. The Hall–Kier alpha value is -3.92. The van der Waals surface area contributed by atoms with E-state index >= 15 is 0 Å². The van der Waals surface area contributed by atoms with E-state index < -0.39 is 15.8 Å². The fourth-order valence-corrected chi connectivity index (χ4v) is 3.50. The number of hydrogen-bond donors (Lipinski definition) is 1. The number of nitrogens with zero attached hydrogens (tertiary/aromatic N) is 2. The van der Waals surface area contributed by atoms with Crippen LogP contribution in [0, 0.1) is 20.2 Å². The fourth-order valence-electron chi connectivity index (χ4n) is 2.57. The van der Waals surface area contributed by atoms with Gasteiger partial charge in [-0.05, 0) is 23.8 Å². The summed E-state index contributed by atoms with van der Waals surface area (Å²) < 4.78 is 5.62. The average molecular weight is 426 g/mol. The van der Waals surface area contributed by atoms with Gasteiger partial charge in [-0.3, -0.25) is 20.2 Å². The quantitative estimate of drug-likeness (QED) is 0.396. The average Bonchev–Trinajstić information content (AvgIpc) is 2.73. The van der Waals surface area contributed by atoms with E-state index in [0.717, 1.165) is 23.4 Å². The molecule has 0 aliphatic rings. The molecule has 10 heteroatoms. The fraction of sp³-hybridized carbons (Fsp3) is 0.0500. The van der Waals surface area contributed by atoms with Crippen molar-refractivity contribution in [3.63, 3.8) is 0 Å². The largest absolute Gasteiger partial charge is 0.482 e. The maximum Gasteiger partial charge on any atom is 0.335 e. The third-order valence-electron chi connectivity index (χ3n) is 4.00. The van der Waals surface area contributed by atoms with E-state index in [-0.39, 0.29) is 34.2 Å². The molecule has 0 aromatic heterocycles. The molecular weight excluding hydrogens is 412 g/mol. The number of nitro groups is 2. The summed E-state index contributed by atoms with van der Waals surface area (Å²) in [6, 6.07) is 16.8. The second-order valence-electron chi connectivity index (χ2n) is 6.01. The van der Waals surface area contributed by atoms with Crippen molar-refractivity contribution < 1.29 is 24.5 Å².